The van der Waals surface area contributed by atoms with E-state index >= 15 is 0 Å². The number of fused-ring (bicyclic) bond motifs is 1. The zero-order valence-corrected chi connectivity index (χ0v) is 19.1. The van der Waals surface area contributed by atoms with Crippen LogP contribution in [0.5, 0.6) is 5.88 Å². The number of hydrogen-bond acceptors (Lipinski definition) is 8. The van der Waals surface area contributed by atoms with Gasteiger partial charge in [0.15, 0.2) is 0 Å². The van der Waals surface area contributed by atoms with Crippen LogP contribution < -0.4 is 4.74 Å². The van der Waals surface area contributed by atoms with Crippen molar-refractivity contribution in [3.05, 3.63) is 41.0 Å². The molecule has 0 amide bonds. The molecule has 200 valence electrons. The lowest BCUT2D eigenvalue weighted by Crippen LogP contribution is -2.42. The van der Waals surface area contributed by atoms with Gasteiger partial charge in [0.25, 0.3) is 0 Å². The molecule has 0 saturated carbocycles. The van der Waals surface area contributed by atoms with Gasteiger partial charge in [0.1, 0.15) is 17.2 Å². The Morgan fingerprint density at radius 1 is 1.08 bits per heavy atom. The van der Waals surface area contributed by atoms with Crippen LogP contribution in [0.2, 0.25) is 0 Å². The Kier molecular flexibility index (Phi) is 10.4. The number of hydrogen-bond donors (Lipinski definition) is 2. The largest absolute Gasteiger partial charge is 0.490 e. The number of carboxylic acids is 2. The predicted molar refractivity (Wildman–Crippen MR) is 111 cm³/mol. The van der Waals surface area contributed by atoms with Crippen LogP contribution in [0.3, 0.4) is 0 Å². The molecule has 3 atom stereocenters. The number of carboxylic acid groups (broad SMARTS) is 2. The molecule has 0 bridgehead atoms. The normalized spacial score (nSPS) is 21.8. The van der Waals surface area contributed by atoms with E-state index in [0.717, 1.165) is 37.5 Å². The number of nitrogens with zero attached hydrogens (tertiary/aromatic N) is 3. The molecular weight excluding hydrogens is 524 g/mol. The van der Waals surface area contributed by atoms with Crippen molar-refractivity contribution in [1.82, 2.24) is 14.9 Å². The minimum Gasteiger partial charge on any atom is -0.475 e. The van der Waals surface area contributed by atoms with Crippen molar-refractivity contribution < 1.29 is 55.6 Å². The second-order valence-electron chi connectivity index (χ2n) is 7.33. The highest BCUT2D eigenvalue weighted by Crippen LogP contribution is 2.32. The first-order valence-corrected chi connectivity index (χ1v) is 11.1. The van der Waals surface area contributed by atoms with E-state index in [2.05, 4.69) is 14.9 Å². The summed E-state index contributed by atoms with van der Waals surface area (Å²) >= 11 is 1.71. The zero-order valence-electron chi connectivity index (χ0n) is 18.3. The summed E-state index contributed by atoms with van der Waals surface area (Å²) in [6.07, 6.45) is -4.08. The molecular formula is C20H21F6N3O6S. The fraction of sp³-hybridized carbons (Fsp3) is 0.500. The third-order valence-electron chi connectivity index (χ3n) is 4.80. The highest BCUT2D eigenvalue weighted by atomic mass is 32.1. The molecule has 4 heterocycles. The van der Waals surface area contributed by atoms with Gasteiger partial charge in [-0.1, -0.05) is 6.07 Å². The van der Waals surface area contributed by atoms with E-state index in [9.17, 15) is 26.3 Å². The number of ether oxygens (including phenoxy) is 2. The lowest BCUT2D eigenvalue weighted by atomic mass is 10.0. The number of likely N-dealkylation sites (tertiary alicyclic amines) is 1. The summed E-state index contributed by atoms with van der Waals surface area (Å²) in [6, 6.07) is 6.17. The molecule has 2 aliphatic rings. The minimum atomic E-state index is -5.08. The zero-order chi connectivity index (χ0) is 26.9. The number of thiazole rings is 1. The highest BCUT2D eigenvalue weighted by Gasteiger charge is 2.45. The Morgan fingerprint density at radius 2 is 1.72 bits per heavy atom. The van der Waals surface area contributed by atoms with Crippen LogP contribution in [0, 0.1) is 0 Å². The van der Waals surface area contributed by atoms with Crippen LogP contribution in [0.25, 0.3) is 0 Å². The Morgan fingerprint density at radius 3 is 2.22 bits per heavy atom. The van der Waals surface area contributed by atoms with Crippen molar-refractivity contribution in [3.8, 4) is 5.88 Å². The second kappa shape index (κ2) is 12.8. The lowest BCUT2D eigenvalue weighted by molar-refractivity contribution is -0.193. The van der Waals surface area contributed by atoms with E-state index in [1.807, 2.05) is 29.8 Å². The maximum Gasteiger partial charge on any atom is 0.490 e. The molecule has 2 aromatic heterocycles. The quantitative estimate of drug-likeness (QED) is 0.555. The van der Waals surface area contributed by atoms with Gasteiger partial charge < -0.3 is 19.7 Å². The summed E-state index contributed by atoms with van der Waals surface area (Å²) in [5, 5.41) is 17.4. The highest BCUT2D eigenvalue weighted by molar-refractivity contribution is 7.09. The van der Waals surface area contributed by atoms with E-state index in [0.29, 0.717) is 11.9 Å². The smallest absolute Gasteiger partial charge is 0.475 e. The van der Waals surface area contributed by atoms with Gasteiger partial charge in [0, 0.05) is 43.0 Å². The van der Waals surface area contributed by atoms with Crippen LogP contribution in [0.15, 0.2) is 36.0 Å². The van der Waals surface area contributed by atoms with E-state index in [1.54, 1.807) is 17.5 Å². The van der Waals surface area contributed by atoms with Gasteiger partial charge in [-0.2, -0.15) is 26.3 Å². The van der Waals surface area contributed by atoms with Gasteiger partial charge in [0.05, 0.1) is 6.54 Å². The number of alkyl halides is 6. The number of halogens is 6. The van der Waals surface area contributed by atoms with Gasteiger partial charge in [-0.25, -0.2) is 19.6 Å². The van der Waals surface area contributed by atoms with Crippen molar-refractivity contribution in [3.63, 3.8) is 0 Å². The van der Waals surface area contributed by atoms with Gasteiger partial charge in [-0.05, 0) is 18.9 Å². The summed E-state index contributed by atoms with van der Waals surface area (Å²) in [7, 11) is 0. The number of pyridine rings is 1. The average Bonchev–Trinajstić information content (AvgIpc) is 3.43. The first-order valence-electron chi connectivity index (χ1n) is 10.2. The number of aromatic nitrogens is 2. The summed E-state index contributed by atoms with van der Waals surface area (Å²) in [5.74, 6) is -4.84. The summed E-state index contributed by atoms with van der Waals surface area (Å²) in [5.41, 5.74) is 0. The molecule has 9 nitrogen and oxygen atoms in total. The lowest BCUT2D eigenvalue weighted by Gasteiger charge is -2.31. The molecule has 2 fully saturated rings. The van der Waals surface area contributed by atoms with Crippen molar-refractivity contribution in [2.75, 3.05) is 13.2 Å². The molecule has 0 aliphatic carbocycles. The summed E-state index contributed by atoms with van der Waals surface area (Å²) < 4.78 is 75.6. The van der Waals surface area contributed by atoms with Gasteiger partial charge in [-0.15, -0.1) is 11.3 Å². The molecule has 2 saturated heterocycles. The number of carbonyl (C=O) groups is 2. The maximum atomic E-state index is 10.6. The van der Waals surface area contributed by atoms with Crippen LogP contribution in [-0.2, 0) is 20.9 Å². The fourth-order valence-electron chi connectivity index (χ4n) is 3.37. The Labute approximate surface area is 204 Å². The fourth-order valence-corrected chi connectivity index (χ4v) is 4.01. The number of aliphatic carboxylic acids is 2. The first kappa shape index (κ1) is 29.3. The minimum absolute atomic E-state index is 0.0418. The Balaban J connectivity index is 0.000000271. The third-order valence-corrected chi connectivity index (χ3v) is 5.56. The van der Waals surface area contributed by atoms with Crippen LogP contribution >= 0.6 is 11.3 Å². The van der Waals surface area contributed by atoms with E-state index in [1.165, 1.54) is 0 Å². The maximum absolute atomic E-state index is 10.6. The van der Waals surface area contributed by atoms with E-state index in [4.69, 9.17) is 29.3 Å². The third kappa shape index (κ3) is 9.23. The molecule has 2 aliphatic heterocycles. The Hall–Kier alpha value is -2.98. The molecule has 0 spiro atoms. The topological polar surface area (TPSA) is 122 Å². The molecule has 2 aromatic rings. The van der Waals surface area contributed by atoms with Crippen LogP contribution in [0.1, 0.15) is 17.8 Å². The van der Waals surface area contributed by atoms with Crippen molar-refractivity contribution in [2.24, 2.45) is 0 Å². The van der Waals surface area contributed by atoms with E-state index in [-0.39, 0.29) is 12.2 Å². The van der Waals surface area contributed by atoms with Crippen molar-refractivity contribution >= 4 is 23.3 Å². The Bertz CT molecular complexity index is 937. The molecule has 0 aromatic carbocycles. The molecule has 2 N–H and O–H groups in total. The van der Waals surface area contributed by atoms with E-state index < -0.39 is 24.3 Å². The molecule has 16 heteroatoms. The monoisotopic (exact) mass is 545 g/mol. The second-order valence-corrected chi connectivity index (χ2v) is 8.31. The predicted octanol–water partition coefficient (Wildman–Crippen LogP) is 3.62. The molecule has 4 rings (SSSR count). The van der Waals surface area contributed by atoms with Gasteiger partial charge in [-0.3, -0.25) is 4.90 Å². The standard InChI is InChI=1S/C16H19N3O2S.2C2HF3O2/c1-2-6-17-14(5-1)21-13-10-19(11-15-18-7-9-22-15)12-4-3-8-20-16(12)13;2*3-2(4,5)1(6)7/h1-2,5-7,9,12-13,16H,3-4,8,10-11H2;2*(H,6,7)/t12-,13+,16+;;/m1../s1. The molecule has 0 radical (unpaired) electrons. The summed E-state index contributed by atoms with van der Waals surface area (Å²) in [6.45, 7) is 2.57. The molecule has 0 unspecified atom stereocenters. The SMILES string of the molecule is O=C(O)C(F)(F)F.O=C(O)C(F)(F)F.c1ccc(O[C@H]2CN(Cc3nccs3)[C@@H]3CCCO[C@H]23)nc1. The van der Waals surface area contributed by atoms with Gasteiger partial charge in [0.2, 0.25) is 5.88 Å². The van der Waals surface area contributed by atoms with Crippen LogP contribution in [0.4, 0.5) is 26.3 Å². The average molecular weight is 545 g/mol. The number of rotatable bonds is 4. The summed E-state index contributed by atoms with van der Waals surface area (Å²) in [4.78, 5) is 28.9. The molecule has 36 heavy (non-hydrogen) atoms. The van der Waals surface area contributed by atoms with Crippen molar-refractivity contribution in [2.45, 2.75) is 50.0 Å². The van der Waals surface area contributed by atoms with Crippen molar-refractivity contribution in [1.29, 1.82) is 0 Å². The van der Waals surface area contributed by atoms with Gasteiger partial charge >= 0.3 is 24.3 Å². The first-order chi connectivity index (χ1) is 16.8. The van der Waals surface area contributed by atoms with Crippen LogP contribution in [-0.4, -0.2) is 80.8 Å².